The number of hydrogen-bond acceptors (Lipinski definition) is 3. The quantitative estimate of drug-likeness (QED) is 0.296. The molecular weight excluding hydrogens is 116 g/mol. The highest BCUT2D eigenvalue weighted by Crippen LogP contribution is 1.83. The van der Waals surface area contributed by atoms with Gasteiger partial charge in [-0.2, -0.15) is 5.10 Å². The Labute approximate surface area is 55.5 Å². The summed E-state index contributed by atoms with van der Waals surface area (Å²) in [4.78, 5) is 0. The minimum Gasteiger partial charge on any atom is -0.388 e. The van der Waals surface area contributed by atoms with Crippen molar-refractivity contribution in [1.29, 1.82) is 0 Å². The first kappa shape index (κ1) is 8.23. The summed E-state index contributed by atoms with van der Waals surface area (Å²) in [7, 11) is 0. The van der Waals surface area contributed by atoms with Crippen LogP contribution in [0.15, 0.2) is 5.10 Å². The molecule has 0 aromatic heterocycles. The maximum absolute atomic E-state index is 5.28. The van der Waals surface area contributed by atoms with Gasteiger partial charge in [-0.05, 0) is 6.92 Å². The Morgan fingerprint density at radius 1 is 1.67 bits per heavy atom. The summed E-state index contributed by atoms with van der Waals surface area (Å²) < 4.78 is 0. The van der Waals surface area contributed by atoms with Crippen LogP contribution in [0.5, 0.6) is 0 Å². The molecule has 0 aromatic rings. The Kier molecular flexibility index (Phi) is 4.91. The summed E-state index contributed by atoms with van der Waals surface area (Å²) in [5.41, 5.74) is 10.3. The molecule has 0 saturated carbocycles. The molecule has 9 heavy (non-hydrogen) atoms. The Hall–Kier alpha value is -0.770. The Bertz CT molecular complexity index is 81.0. The number of hydrogen-bond donors (Lipinski definition) is 2. The van der Waals surface area contributed by atoms with Crippen LogP contribution in [-0.2, 0) is 0 Å². The molecule has 0 heterocycles. The van der Waals surface area contributed by atoms with Crippen LogP contribution in [0.3, 0.4) is 0 Å². The van der Waals surface area contributed by atoms with Crippen LogP contribution in [0.4, 0.5) is 0 Å². The summed E-state index contributed by atoms with van der Waals surface area (Å²) in [5.74, 6) is 0. The molecule has 0 unspecified atom stereocenters. The summed E-state index contributed by atoms with van der Waals surface area (Å²) in [6, 6.07) is 0. The highest BCUT2D eigenvalue weighted by molar-refractivity contribution is 5.50. The average Bonchev–Trinajstić information content (AvgIpc) is 1.88. The molecule has 0 fully saturated rings. The normalized spacial score (nSPS) is 10.4. The van der Waals surface area contributed by atoms with Crippen LogP contribution in [0.2, 0.25) is 0 Å². The predicted molar refractivity (Wildman–Crippen MR) is 39.0 cm³/mol. The lowest BCUT2D eigenvalue weighted by molar-refractivity contribution is 0.314. The number of likely N-dealkylation sites (N-methyl/N-ethyl adjacent to an activating group) is 1. The van der Waals surface area contributed by atoms with E-state index in [9.17, 15) is 0 Å². The van der Waals surface area contributed by atoms with E-state index in [1.165, 1.54) is 6.34 Å². The molecule has 54 valence electrons. The van der Waals surface area contributed by atoms with Gasteiger partial charge in [-0.3, -0.25) is 5.01 Å². The highest BCUT2D eigenvalue weighted by atomic mass is 15.4. The summed E-state index contributed by atoms with van der Waals surface area (Å²) in [6.07, 6.45) is 1.28. The zero-order valence-corrected chi connectivity index (χ0v) is 5.75. The van der Waals surface area contributed by atoms with Crippen molar-refractivity contribution in [1.82, 2.24) is 5.01 Å². The van der Waals surface area contributed by atoms with Crippen LogP contribution in [-0.4, -0.2) is 31.0 Å². The number of nitrogens with two attached hydrogens (primary N) is 2. The highest BCUT2D eigenvalue weighted by Gasteiger charge is 1.90. The Balaban J connectivity index is 3.41. The van der Waals surface area contributed by atoms with Crippen LogP contribution >= 0.6 is 0 Å². The van der Waals surface area contributed by atoms with Crippen molar-refractivity contribution in [3.63, 3.8) is 0 Å². The Morgan fingerprint density at radius 3 is 2.67 bits per heavy atom. The third kappa shape index (κ3) is 3.78. The smallest absolute Gasteiger partial charge is 0.106 e. The first-order valence-corrected chi connectivity index (χ1v) is 3.04. The van der Waals surface area contributed by atoms with Gasteiger partial charge < -0.3 is 11.5 Å². The van der Waals surface area contributed by atoms with Gasteiger partial charge >= 0.3 is 0 Å². The molecule has 0 aliphatic heterocycles. The molecule has 0 aliphatic rings. The Morgan fingerprint density at radius 2 is 2.33 bits per heavy atom. The van der Waals surface area contributed by atoms with Crippen molar-refractivity contribution in [2.45, 2.75) is 6.92 Å². The van der Waals surface area contributed by atoms with E-state index >= 15 is 0 Å². The number of rotatable bonds is 4. The van der Waals surface area contributed by atoms with Gasteiger partial charge in [0.25, 0.3) is 0 Å². The molecule has 0 aromatic carbocycles. The van der Waals surface area contributed by atoms with Crippen LogP contribution < -0.4 is 11.5 Å². The fraction of sp³-hybridized carbons (Fsp3) is 0.800. The van der Waals surface area contributed by atoms with Crippen molar-refractivity contribution < 1.29 is 0 Å². The van der Waals surface area contributed by atoms with Crippen molar-refractivity contribution in [2.24, 2.45) is 16.6 Å². The van der Waals surface area contributed by atoms with Gasteiger partial charge in [0, 0.05) is 19.6 Å². The van der Waals surface area contributed by atoms with Gasteiger partial charge in [0.05, 0.1) is 0 Å². The van der Waals surface area contributed by atoms with Crippen molar-refractivity contribution >= 4 is 6.34 Å². The van der Waals surface area contributed by atoms with Crippen LogP contribution in [0.1, 0.15) is 6.92 Å². The minimum atomic E-state index is 0.616. The van der Waals surface area contributed by atoms with Crippen LogP contribution in [0.25, 0.3) is 0 Å². The fourth-order valence-electron chi connectivity index (χ4n) is 0.541. The summed E-state index contributed by atoms with van der Waals surface area (Å²) >= 11 is 0. The second-order valence-corrected chi connectivity index (χ2v) is 1.60. The van der Waals surface area contributed by atoms with E-state index in [4.69, 9.17) is 11.5 Å². The molecule has 0 saturated heterocycles. The first-order chi connectivity index (χ1) is 4.35. The van der Waals surface area contributed by atoms with Gasteiger partial charge in [0.1, 0.15) is 6.34 Å². The molecule has 0 atom stereocenters. The van der Waals surface area contributed by atoms with Crippen molar-refractivity contribution in [3.8, 4) is 0 Å². The zero-order valence-electron chi connectivity index (χ0n) is 5.75. The topological polar surface area (TPSA) is 67.6 Å². The molecule has 4 N–H and O–H groups in total. The second kappa shape index (κ2) is 5.37. The van der Waals surface area contributed by atoms with E-state index in [-0.39, 0.29) is 0 Å². The third-order valence-corrected chi connectivity index (χ3v) is 0.982. The minimum absolute atomic E-state index is 0.616. The van der Waals surface area contributed by atoms with E-state index in [0.29, 0.717) is 6.54 Å². The maximum Gasteiger partial charge on any atom is 0.106 e. The standard InChI is InChI=1S/C5H14N4/c1-2-9(4-3-6)8-5-7/h5H,2-4,6H2,1H3,(H2,7,8). The van der Waals surface area contributed by atoms with Crippen molar-refractivity contribution in [3.05, 3.63) is 0 Å². The maximum atomic E-state index is 5.28. The SMILES string of the molecule is CCN(CCN)/N=C\N. The van der Waals surface area contributed by atoms with E-state index in [1.807, 2.05) is 6.92 Å². The van der Waals surface area contributed by atoms with E-state index in [0.717, 1.165) is 13.1 Å². The molecule has 0 bridgehead atoms. The monoisotopic (exact) mass is 130 g/mol. The number of hydrazone groups is 1. The molecule has 4 nitrogen and oxygen atoms in total. The summed E-state index contributed by atoms with van der Waals surface area (Å²) in [6.45, 7) is 4.24. The lowest BCUT2D eigenvalue weighted by atomic mass is 10.6. The van der Waals surface area contributed by atoms with Gasteiger partial charge in [0.15, 0.2) is 0 Å². The first-order valence-electron chi connectivity index (χ1n) is 3.04. The van der Waals surface area contributed by atoms with Gasteiger partial charge in [-0.15, -0.1) is 0 Å². The lowest BCUT2D eigenvalue weighted by Gasteiger charge is -2.13. The lowest BCUT2D eigenvalue weighted by Crippen LogP contribution is -2.25. The number of nitrogens with zero attached hydrogens (tertiary/aromatic N) is 2. The molecule has 4 heteroatoms. The van der Waals surface area contributed by atoms with Gasteiger partial charge in [-0.25, -0.2) is 0 Å². The molecular formula is C5H14N4. The van der Waals surface area contributed by atoms with Crippen molar-refractivity contribution in [2.75, 3.05) is 19.6 Å². The van der Waals surface area contributed by atoms with Gasteiger partial charge in [0.2, 0.25) is 0 Å². The molecule has 0 spiro atoms. The second-order valence-electron chi connectivity index (χ2n) is 1.60. The van der Waals surface area contributed by atoms with E-state index in [2.05, 4.69) is 5.10 Å². The molecule has 0 rings (SSSR count). The predicted octanol–water partition coefficient (Wildman–Crippen LogP) is -0.831. The fourth-order valence-corrected chi connectivity index (χ4v) is 0.541. The summed E-state index contributed by atoms with van der Waals surface area (Å²) in [5, 5.41) is 5.64. The molecule has 0 aliphatic carbocycles. The third-order valence-electron chi connectivity index (χ3n) is 0.982. The molecule has 0 radical (unpaired) electrons. The van der Waals surface area contributed by atoms with E-state index in [1.54, 1.807) is 5.01 Å². The zero-order chi connectivity index (χ0) is 7.11. The van der Waals surface area contributed by atoms with Gasteiger partial charge in [-0.1, -0.05) is 0 Å². The largest absolute Gasteiger partial charge is 0.388 e. The average molecular weight is 130 g/mol. The van der Waals surface area contributed by atoms with E-state index < -0.39 is 0 Å². The van der Waals surface area contributed by atoms with Crippen LogP contribution in [0, 0.1) is 0 Å². The molecule has 0 amide bonds.